The lowest BCUT2D eigenvalue weighted by Crippen LogP contribution is -2.61. The third-order valence-electron chi connectivity index (χ3n) is 10.4. The van der Waals surface area contributed by atoms with Crippen LogP contribution in [0.1, 0.15) is 72.1 Å². The van der Waals surface area contributed by atoms with Crippen molar-refractivity contribution in [3.05, 3.63) is 0 Å². The first kappa shape index (κ1) is 22.9. The molecule has 0 bridgehead atoms. The summed E-state index contributed by atoms with van der Waals surface area (Å²) in [4.78, 5) is 25.2. The number of methoxy groups -OCH3 is 1. The molecule has 4 fully saturated rings. The van der Waals surface area contributed by atoms with Crippen LogP contribution in [0.2, 0.25) is 0 Å². The van der Waals surface area contributed by atoms with Gasteiger partial charge in [-0.1, -0.05) is 29.8 Å². The fraction of sp³-hybridized carbons (Fsp3) is 0.920. The molecule has 4 aliphatic carbocycles. The molecular weight excluding hydrogens is 444 g/mol. The summed E-state index contributed by atoms with van der Waals surface area (Å²) in [5.41, 5.74) is -0.791. The number of carbonyl (C=O) groups is 2. The number of ketones is 2. The van der Waals surface area contributed by atoms with Gasteiger partial charge in [-0.2, -0.15) is 0 Å². The van der Waals surface area contributed by atoms with E-state index in [9.17, 15) is 14.7 Å². The minimum Gasteiger partial charge on any atom is -0.387 e. The molecule has 0 heterocycles. The second kappa shape index (κ2) is 7.95. The van der Waals surface area contributed by atoms with Gasteiger partial charge in [-0.15, -0.1) is 0 Å². The second-order valence-corrected chi connectivity index (χ2v) is 12.1. The lowest BCUT2D eigenvalue weighted by atomic mass is 9.42. The minimum absolute atomic E-state index is 0.0953. The molecule has 5 heteroatoms. The first-order valence-electron chi connectivity index (χ1n) is 11.9. The molecule has 0 radical (unpaired) electrons. The Morgan fingerprint density at radius 3 is 2.33 bits per heavy atom. The Balaban J connectivity index is 1.62. The quantitative estimate of drug-likeness (QED) is 0.571. The van der Waals surface area contributed by atoms with Crippen LogP contribution < -0.4 is 0 Å². The maximum atomic E-state index is 12.7. The normalized spacial score (nSPS) is 50.3. The largest absolute Gasteiger partial charge is 0.387 e. The first-order chi connectivity index (χ1) is 14.1. The highest BCUT2D eigenvalue weighted by Crippen LogP contribution is 2.68. The fourth-order valence-electron chi connectivity index (χ4n) is 8.94. The molecule has 1 N–H and O–H groups in total. The van der Waals surface area contributed by atoms with Gasteiger partial charge < -0.3 is 9.84 Å². The van der Waals surface area contributed by atoms with Crippen LogP contribution in [0.15, 0.2) is 0 Å². The zero-order chi connectivity index (χ0) is 21.9. The van der Waals surface area contributed by atoms with Crippen LogP contribution in [0, 0.1) is 46.3 Å². The summed E-state index contributed by atoms with van der Waals surface area (Å²) < 4.78 is 5.36. The molecule has 4 aliphatic rings. The number of ether oxygens (including phenoxy) is 1. The zero-order valence-electron chi connectivity index (χ0n) is 19.1. The predicted molar refractivity (Wildman–Crippen MR) is 120 cm³/mol. The van der Waals surface area contributed by atoms with Gasteiger partial charge in [-0.25, -0.2) is 0 Å². The van der Waals surface area contributed by atoms with Gasteiger partial charge in [0.25, 0.3) is 0 Å². The smallest absolute Gasteiger partial charge is 0.147 e. The number of Topliss-reactive ketones (excluding diaryl/α,β-unsaturated/α-hetero) is 2. The Kier molecular flexibility index (Phi) is 6.07. The number of hydrogen-bond donors (Lipinski definition) is 1. The summed E-state index contributed by atoms with van der Waals surface area (Å²) in [6, 6.07) is 0. The third-order valence-corrected chi connectivity index (χ3v) is 10.9. The highest BCUT2D eigenvalue weighted by molar-refractivity contribution is 9.09. The van der Waals surface area contributed by atoms with Crippen LogP contribution in [0.4, 0.5) is 0 Å². The lowest BCUT2D eigenvalue weighted by molar-refractivity contribution is -0.191. The SMILES string of the molecule is COC[C@]1(O)C[C@@H]2CC[C@@H]3[C@H](CC[C@]4(C)[C@@H](C(=O)CBr)CC[C@@H]34)[C@@]2(C)CC1C(C)=O. The number of rotatable bonds is 5. The molecular formula is C25H39BrO4. The Bertz CT molecular complexity index is 709. The summed E-state index contributed by atoms with van der Waals surface area (Å²) in [5, 5.41) is 11.9. The molecule has 0 aliphatic heterocycles. The number of aliphatic hydroxyl groups is 1. The van der Waals surface area contributed by atoms with Crippen LogP contribution in [0.3, 0.4) is 0 Å². The van der Waals surface area contributed by atoms with E-state index in [1.165, 1.54) is 12.8 Å². The van der Waals surface area contributed by atoms with Crippen molar-refractivity contribution in [2.24, 2.45) is 46.3 Å². The number of halogens is 1. The number of fused-ring (bicyclic) bond motifs is 5. The van der Waals surface area contributed by atoms with Crippen LogP contribution in [0.5, 0.6) is 0 Å². The summed E-state index contributed by atoms with van der Waals surface area (Å²) >= 11 is 3.42. The average molecular weight is 483 g/mol. The van der Waals surface area contributed by atoms with Crippen molar-refractivity contribution in [3.8, 4) is 0 Å². The van der Waals surface area contributed by atoms with Crippen molar-refractivity contribution in [1.29, 1.82) is 0 Å². The predicted octanol–water partition coefficient (Wildman–Crippen LogP) is 4.80. The van der Waals surface area contributed by atoms with E-state index in [-0.39, 0.29) is 35.1 Å². The van der Waals surface area contributed by atoms with Gasteiger partial charge in [-0.3, -0.25) is 9.59 Å². The van der Waals surface area contributed by atoms with Gasteiger partial charge in [0.05, 0.1) is 17.5 Å². The van der Waals surface area contributed by atoms with Gasteiger partial charge >= 0.3 is 0 Å². The molecule has 0 amide bonds. The number of hydrogen-bond acceptors (Lipinski definition) is 4. The van der Waals surface area contributed by atoms with E-state index in [4.69, 9.17) is 4.74 Å². The Morgan fingerprint density at radius 2 is 1.70 bits per heavy atom. The van der Waals surface area contributed by atoms with Crippen LogP contribution in [-0.4, -0.2) is 41.3 Å². The standard InChI is InChI=1S/C25H39BrO4/c1-15(27)21-12-24(3)16(11-25(21,29)14-30-4)5-6-17-18-7-8-20(22(28)13-26)23(18,2)10-9-19(17)24/h16-21,29H,5-14H2,1-4H3/t16-,17-,18-,19-,20+,21?,23-,24-,25+/m0/s1. The zero-order valence-corrected chi connectivity index (χ0v) is 20.7. The topological polar surface area (TPSA) is 63.6 Å². The van der Waals surface area contributed by atoms with E-state index >= 15 is 0 Å². The molecule has 4 rings (SSSR count). The average Bonchev–Trinajstić information content (AvgIpc) is 3.04. The van der Waals surface area contributed by atoms with Gasteiger partial charge in [0.1, 0.15) is 11.6 Å². The van der Waals surface area contributed by atoms with Gasteiger partial charge in [0.15, 0.2) is 0 Å². The Labute approximate surface area is 190 Å². The summed E-state index contributed by atoms with van der Waals surface area (Å²) in [5.74, 6) is 2.67. The summed E-state index contributed by atoms with van der Waals surface area (Å²) in [7, 11) is 1.62. The van der Waals surface area contributed by atoms with Crippen LogP contribution >= 0.6 is 15.9 Å². The van der Waals surface area contributed by atoms with E-state index in [1.54, 1.807) is 14.0 Å². The maximum Gasteiger partial charge on any atom is 0.147 e. The Hall–Kier alpha value is -0.260. The number of carbonyl (C=O) groups excluding carboxylic acids is 2. The lowest BCUT2D eigenvalue weighted by Gasteiger charge is -2.63. The van der Waals surface area contributed by atoms with Crippen molar-refractivity contribution in [2.75, 3.05) is 19.0 Å². The minimum atomic E-state index is -1.03. The maximum absolute atomic E-state index is 12.7. The van der Waals surface area contributed by atoms with E-state index in [0.717, 1.165) is 32.1 Å². The van der Waals surface area contributed by atoms with Crippen molar-refractivity contribution < 1.29 is 19.4 Å². The van der Waals surface area contributed by atoms with Crippen molar-refractivity contribution in [2.45, 2.75) is 77.7 Å². The van der Waals surface area contributed by atoms with Crippen LogP contribution in [-0.2, 0) is 14.3 Å². The highest BCUT2D eigenvalue weighted by atomic mass is 79.9. The molecule has 0 aromatic heterocycles. The van der Waals surface area contributed by atoms with Crippen molar-refractivity contribution in [1.82, 2.24) is 0 Å². The third kappa shape index (κ3) is 3.28. The molecule has 0 aromatic rings. The number of alkyl halides is 1. The van der Waals surface area contributed by atoms with E-state index in [2.05, 4.69) is 29.8 Å². The molecule has 170 valence electrons. The molecule has 4 nitrogen and oxygen atoms in total. The van der Waals surface area contributed by atoms with Crippen molar-refractivity contribution >= 4 is 27.5 Å². The van der Waals surface area contributed by atoms with Gasteiger partial charge in [-0.05, 0) is 92.8 Å². The van der Waals surface area contributed by atoms with E-state index < -0.39 is 5.60 Å². The first-order valence-corrected chi connectivity index (χ1v) is 13.0. The summed E-state index contributed by atoms with van der Waals surface area (Å²) in [6.45, 7) is 6.68. The monoisotopic (exact) mass is 482 g/mol. The van der Waals surface area contributed by atoms with E-state index in [1.807, 2.05) is 0 Å². The molecule has 4 saturated carbocycles. The molecule has 9 atom stereocenters. The molecule has 0 saturated heterocycles. The molecule has 0 spiro atoms. The molecule has 1 unspecified atom stereocenters. The fourth-order valence-corrected chi connectivity index (χ4v) is 9.33. The highest BCUT2D eigenvalue weighted by Gasteiger charge is 2.63. The molecule has 30 heavy (non-hydrogen) atoms. The van der Waals surface area contributed by atoms with Crippen LogP contribution in [0.25, 0.3) is 0 Å². The van der Waals surface area contributed by atoms with E-state index in [0.29, 0.717) is 41.2 Å². The Morgan fingerprint density at radius 1 is 1.00 bits per heavy atom. The molecule has 0 aromatic carbocycles. The second-order valence-electron chi connectivity index (χ2n) is 11.5. The van der Waals surface area contributed by atoms with Crippen molar-refractivity contribution in [3.63, 3.8) is 0 Å². The van der Waals surface area contributed by atoms with Gasteiger partial charge in [0, 0.05) is 18.9 Å². The summed E-state index contributed by atoms with van der Waals surface area (Å²) in [6.07, 6.45) is 8.27. The van der Waals surface area contributed by atoms with Gasteiger partial charge in [0.2, 0.25) is 0 Å².